The van der Waals surface area contributed by atoms with E-state index in [4.69, 9.17) is 10.8 Å². The second kappa shape index (κ2) is 17.8. The van der Waals surface area contributed by atoms with E-state index in [0.29, 0.717) is 0 Å². The third-order valence-electron chi connectivity index (χ3n) is 10.9. The largest absolute Gasteiger partial charge is 0 e. The summed E-state index contributed by atoms with van der Waals surface area (Å²) >= 11 is -2.03. The van der Waals surface area contributed by atoms with Crippen LogP contribution in [-0.4, -0.2) is 38.0 Å². The number of nitrogens with zero attached hydrogens (tertiary/aromatic N) is 5. The summed E-state index contributed by atoms with van der Waals surface area (Å²) in [6.45, 7) is 12.9. The van der Waals surface area contributed by atoms with Crippen molar-refractivity contribution in [3.05, 3.63) is 156 Å². The van der Waals surface area contributed by atoms with E-state index in [-0.39, 0.29) is 31.9 Å². The Hall–Kier alpha value is -5.21. The van der Waals surface area contributed by atoms with Crippen LogP contribution in [0.4, 0.5) is 0 Å². The summed E-state index contributed by atoms with van der Waals surface area (Å²) in [6.07, 6.45) is 3.70. The number of para-hydroxylation sites is 1. The van der Waals surface area contributed by atoms with E-state index in [1.54, 1.807) is 6.20 Å². The van der Waals surface area contributed by atoms with E-state index >= 15 is 0 Å². The van der Waals surface area contributed by atoms with Gasteiger partial charge in [-0.25, -0.2) is 0 Å². The molecule has 0 atom stereocenters. The molecular weight excluding hydrogens is 975 g/mol. The molecule has 1 radical (unpaired) electrons. The Balaban J connectivity index is 0.000000226. The van der Waals surface area contributed by atoms with Gasteiger partial charge in [0.2, 0.25) is 0 Å². The molecule has 0 spiro atoms. The monoisotopic (exact) mass is 1030 g/mol. The summed E-state index contributed by atoms with van der Waals surface area (Å²) < 4.78 is 18.4. The minimum atomic E-state index is -2.03. The fourth-order valence-corrected chi connectivity index (χ4v) is 11.2. The van der Waals surface area contributed by atoms with Crippen molar-refractivity contribution in [1.29, 1.82) is 0 Å². The van der Waals surface area contributed by atoms with Crippen LogP contribution >= 0.6 is 0 Å². The molecule has 0 aliphatic rings. The molecule has 6 nitrogen and oxygen atoms in total. The SMILES string of the molecule is CC(C)c1cc(-c2ccccc2)cc(C(C)C)c1-n1c(-c2[c-]ccc3c2oc2ccccc23)nc2ccnnc21.[2H]C(C)(C)c1cc(-c2[c-]cccc2)nc[c]1[Ge]([CH3])([CH3])[CH3].[Ir]. The molecular formula is C52H51GeIrN5O-2. The third-order valence-corrected chi connectivity index (χ3v) is 15.1. The van der Waals surface area contributed by atoms with Crippen LogP contribution in [0.25, 0.3) is 72.6 Å². The Bertz CT molecular complexity index is 2940. The van der Waals surface area contributed by atoms with E-state index in [0.717, 1.165) is 67.0 Å². The maximum Gasteiger partial charge on any atom is 0 e. The summed E-state index contributed by atoms with van der Waals surface area (Å²) in [5.74, 6) is 7.70. The molecule has 0 aliphatic heterocycles. The number of benzene rings is 5. The first-order valence-corrected chi connectivity index (χ1v) is 27.8. The van der Waals surface area contributed by atoms with E-state index in [2.05, 4.69) is 138 Å². The number of imidazole rings is 1. The summed E-state index contributed by atoms with van der Waals surface area (Å²) in [4.78, 5) is 9.75. The molecule has 9 rings (SSSR count). The average Bonchev–Trinajstić information content (AvgIpc) is 3.82. The molecule has 4 heterocycles. The molecule has 0 aliphatic carbocycles. The normalized spacial score (nSPS) is 12.2. The van der Waals surface area contributed by atoms with Crippen molar-refractivity contribution < 1.29 is 25.9 Å². The fourth-order valence-electron chi connectivity index (χ4n) is 7.85. The van der Waals surface area contributed by atoms with Crippen molar-refractivity contribution in [3.8, 4) is 39.5 Å². The van der Waals surface area contributed by atoms with E-state index in [1.165, 1.54) is 26.6 Å². The van der Waals surface area contributed by atoms with Crippen LogP contribution in [0.1, 0.15) is 77.3 Å². The zero-order chi connectivity index (χ0) is 42.3. The maximum atomic E-state index is 8.44. The van der Waals surface area contributed by atoms with Gasteiger partial charge < -0.3 is 8.98 Å². The average molecular weight is 1030 g/mol. The molecule has 305 valence electrons. The van der Waals surface area contributed by atoms with Crippen LogP contribution in [0.2, 0.25) is 17.3 Å². The number of hydrogen-bond donors (Lipinski definition) is 0. The third kappa shape index (κ3) is 8.41. The Morgan fingerprint density at radius 3 is 2.08 bits per heavy atom. The number of fused-ring (bicyclic) bond motifs is 4. The van der Waals surface area contributed by atoms with Crippen molar-refractivity contribution in [3.63, 3.8) is 0 Å². The molecule has 0 N–H and O–H groups in total. The van der Waals surface area contributed by atoms with Gasteiger partial charge in [-0.3, -0.25) is 4.98 Å². The molecule has 0 bridgehead atoms. The quantitative estimate of drug-likeness (QED) is 0.112. The molecule has 60 heavy (non-hydrogen) atoms. The number of aromatic nitrogens is 5. The van der Waals surface area contributed by atoms with Crippen molar-refractivity contribution >= 4 is 50.8 Å². The van der Waals surface area contributed by atoms with Gasteiger partial charge in [0.25, 0.3) is 0 Å². The molecule has 8 heteroatoms. The maximum absolute atomic E-state index is 8.44. The molecule has 0 saturated heterocycles. The van der Waals surface area contributed by atoms with Crippen LogP contribution < -0.4 is 4.40 Å². The zero-order valence-electron chi connectivity index (χ0n) is 36.8. The van der Waals surface area contributed by atoms with Gasteiger partial charge in [-0.05, 0) is 58.4 Å². The Labute approximate surface area is 371 Å². The van der Waals surface area contributed by atoms with Crippen molar-refractivity contribution in [1.82, 2.24) is 24.7 Å². The van der Waals surface area contributed by atoms with Crippen LogP contribution in [0.5, 0.6) is 0 Å². The Morgan fingerprint density at radius 1 is 0.717 bits per heavy atom. The number of rotatable bonds is 8. The van der Waals surface area contributed by atoms with Crippen LogP contribution in [0.3, 0.4) is 0 Å². The van der Waals surface area contributed by atoms with Crippen molar-refractivity contribution in [2.24, 2.45) is 0 Å². The van der Waals surface area contributed by atoms with Gasteiger partial charge in [0.15, 0.2) is 5.65 Å². The summed E-state index contributed by atoms with van der Waals surface area (Å²) in [6, 6.07) is 45.9. The molecule has 9 aromatic rings. The second-order valence-electron chi connectivity index (χ2n) is 17.0. The predicted octanol–water partition coefficient (Wildman–Crippen LogP) is 13.3. The first kappa shape index (κ1) is 41.5. The molecule has 4 aromatic heterocycles. The minimum absolute atomic E-state index is 0. The molecule has 5 aromatic carbocycles. The summed E-state index contributed by atoms with van der Waals surface area (Å²) in [5, 5.41) is 11.0. The first-order chi connectivity index (χ1) is 28.7. The Morgan fingerprint density at radius 2 is 1.42 bits per heavy atom. The van der Waals surface area contributed by atoms with Gasteiger partial charge in [0.05, 0.1) is 17.6 Å². The topological polar surface area (TPSA) is 69.6 Å². The number of pyridine rings is 1. The standard InChI is InChI=1S/C35H29N4O.C17H22GeN.Ir/c1-21(2)28-19-24(23-11-6-5-7-12-23)20-29(22(3)4)32(28)39-34(37-30-17-18-36-38-35(30)39)27-15-10-14-26-25-13-8-9-16-31(25)40-33(26)27;1-13(2)15-11-17(14-9-7-6-8-10-14)19-12-16(15)18(3,4)5;/h5-14,16-22H,1-4H3;6-9,11-13H,1-5H3;/q2*-1;/i;13D;. The second-order valence-corrected chi connectivity index (χ2v) is 27.6. The van der Waals surface area contributed by atoms with Gasteiger partial charge in [0, 0.05) is 31.2 Å². The molecule has 0 saturated carbocycles. The van der Waals surface area contributed by atoms with Gasteiger partial charge in [-0.1, -0.05) is 87.2 Å². The first-order valence-electron chi connectivity index (χ1n) is 20.9. The molecule has 0 fully saturated rings. The smallest absolute Gasteiger partial charge is 0 e. The van der Waals surface area contributed by atoms with Crippen molar-refractivity contribution in [2.75, 3.05) is 0 Å². The number of furan rings is 1. The van der Waals surface area contributed by atoms with E-state index in [1.807, 2.05) is 74.6 Å². The van der Waals surface area contributed by atoms with Crippen LogP contribution in [0.15, 0.2) is 132 Å². The predicted molar refractivity (Wildman–Crippen MR) is 247 cm³/mol. The van der Waals surface area contributed by atoms with Crippen LogP contribution in [0, 0.1) is 12.1 Å². The molecule has 0 amide bonds. The van der Waals surface area contributed by atoms with E-state index < -0.39 is 19.2 Å². The number of hydrogen-bond acceptors (Lipinski definition) is 5. The van der Waals surface area contributed by atoms with Gasteiger partial charge in [-0.2, -0.15) is 5.10 Å². The van der Waals surface area contributed by atoms with E-state index in [9.17, 15) is 0 Å². The Kier molecular flexibility index (Phi) is 12.3. The van der Waals surface area contributed by atoms with Crippen molar-refractivity contribution in [2.45, 2.75) is 76.5 Å². The minimum Gasteiger partial charge on any atom is 0 e. The van der Waals surface area contributed by atoms with Gasteiger partial charge >= 0.3 is 120 Å². The summed E-state index contributed by atoms with van der Waals surface area (Å²) in [7, 11) is 0. The van der Waals surface area contributed by atoms with Gasteiger partial charge in [-0.15, -0.1) is 23.3 Å². The van der Waals surface area contributed by atoms with Crippen LogP contribution in [-0.2, 0) is 20.1 Å². The zero-order valence-corrected chi connectivity index (χ0v) is 40.2. The van der Waals surface area contributed by atoms with Gasteiger partial charge in [0.1, 0.15) is 11.1 Å². The fraction of sp³-hybridized carbons (Fsp3) is 0.231. The molecule has 0 unspecified atom stereocenters. The summed E-state index contributed by atoms with van der Waals surface area (Å²) in [5.41, 5.74) is 12.9.